The van der Waals surface area contributed by atoms with Crippen molar-refractivity contribution in [1.29, 1.82) is 0 Å². The van der Waals surface area contributed by atoms with E-state index in [9.17, 15) is 8.78 Å². The van der Waals surface area contributed by atoms with E-state index in [0.717, 1.165) is 19.1 Å². The number of aromatic nitrogens is 1. The Morgan fingerprint density at radius 1 is 1.20 bits per heavy atom. The van der Waals surface area contributed by atoms with Gasteiger partial charge in [0.2, 0.25) is 0 Å². The molecule has 2 rings (SSSR count). The quantitative estimate of drug-likeness (QED) is 0.685. The minimum Gasteiger partial charge on any atom is -0.379 e. The first kappa shape index (κ1) is 15.0. The molecule has 0 radical (unpaired) electrons. The molecule has 0 atom stereocenters. The maximum Gasteiger partial charge on any atom is 0.168 e. The predicted molar refractivity (Wildman–Crippen MR) is 75.0 cm³/mol. The highest BCUT2D eigenvalue weighted by molar-refractivity contribution is 5.47. The summed E-state index contributed by atoms with van der Waals surface area (Å²) in [5.74, 6) is -0.520. The number of pyridine rings is 1. The van der Waals surface area contributed by atoms with Crippen LogP contribution in [0, 0.1) is 17.6 Å². The molecule has 4 nitrogen and oxygen atoms in total. The highest BCUT2D eigenvalue weighted by atomic mass is 19.1. The Hall–Kier alpha value is -1.43. The van der Waals surface area contributed by atoms with Crippen molar-refractivity contribution < 1.29 is 13.5 Å². The summed E-state index contributed by atoms with van der Waals surface area (Å²) in [6.45, 7) is 4.27. The van der Waals surface area contributed by atoms with Gasteiger partial charge < -0.3 is 15.4 Å². The molecular formula is C14H21F2N3O. The van der Waals surface area contributed by atoms with Crippen LogP contribution in [0.2, 0.25) is 0 Å². The summed E-state index contributed by atoms with van der Waals surface area (Å²) in [7, 11) is 0. The van der Waals surface area contributed by atoms with E-state index in [0.29, 0.717) is 25.6 Å². The zero-order valence-corrected chi connectivity index (χ0v) is 11.7. The minimum atomic E-state index is -0.688. The van der Waals surface area contributed by atoms with Gasteiger partial charge in [0.05, 0.1) is 6.61 Å². The van der Waals surface area contributed by atoms with Crippen molar-refractivity contribution in [3.63, 3.8) is 0 Å². The molecular weight excluding hydrogens is 264 g/mol. The van der Waals surface area contributed by atoms with E-state index in [4.69, 9.17) is 4.74 Å². The van der Waals surface area contributed by atoms with Crippen LogP contribution >= 0.6 is 0 Å². The molecule has 6 heteroatoms. The fraction of sp³-hybridized carbons (Fsp3) is 0.643. The molecule has 1 heterocycles. The fourth-order valence-electron chi connectivity index (χ4n) is 1.73. The van der Waals surface area contributed by atoms with Crippen molar-refractivity contribution in [2.75, 3.05) is 36.9 Å². The van der Waals surface area contributed by atoms with Crippen LogP contribution in [0.25, 0.3) is 0 Å². The van der Waals surface area contributed by atoms with E-state index in [1.54, 1.807) is 0 Å². The van der Waals surface area contributed by atoms with Gasteiger partial charge in [0.1, 0.15) is 0 Å². The molecule has 1 aliphatic rings. The Morgan fingerprint density at radius 2 is 1.85 bits per heavy atom. The van der Waals surface area contributed by atoms with Gasteiger partial charge in [-0.15, -0.1) is 0 Å². The van der Waals surface area contributed by atoms with E-state index in [1.807, 2.05) is 6.92 Å². The third kappa shape index (κ3) is 4.59. The molecule has 0 aliphatic heterocycles. The summed E-state index contributed by atoms with van der Waals surface area (Å²) in [6.07, 6.45) is 3.33. The van der Waals surface area contributed by atoms with E-state index in [-0.39, 0.29) is 11.6 Å². The molecule has 20 heavy (non-hydrogen) atoms. The number of ether oxygens (including phenoxy) is 1. The standard InChI is InChI=1S/C14H21F2N3O/c1-2-5-17-13-11(15)8-12(16)14(19-13)18-6-7-20-9-10-3-4-10/h8,10H,2-7,9H2,1H3,(H2,17,18,19). The van der Waals surface area contributed by atoms with Crippen LogP contribution in [0.5, 0.6) is 0 Å². The van der Waals surface area contributed by atoms with Gasteiger partial charge in [0.15, 0.2) is 23.3 Å². The molecule has 0 aromatic carbocycles. The van der Waals surface area contributed by atoms with E-state index < -0.39 is 11.6 Å². The lowest BCUT2D eigenvalue weighted by molar-refractivity contribution is 0.134. The average molecular weight is 285 g/mol. The molecule has 1 aromatic heterocycles. The number of hydrogen-bond donors (Lipinski definition) is 2. The zero-order chi connectivity index (χ0) is 14.4. The third-order valence-corrected chi connectivity index (χ3v) is 3.06. The Bertz CT molecular complexity index is 439. The van der Waals surface area contributed by atoms with Crippen molar-refractivity contribution in [2.24, 2.45) is 5.92 Å². The molecule has 112 valence electrons. The molecule has 1 saturated carbocycles. The molecule has 0 spiro atoms. The number of halogens is 2. The smallest absolute Gasteiger partial charge is 0.168 e. The van der Waals surface area contributed by atoms with Crippen molar-refractivity contribution in [3.05, 3.63) is 17.7 Å². The van der Waals surface area contributed by atoms with Gasteiger partial charge in [0.25, 0.3) is 0 Å². The van der Waals surface area contributed by atoms with Crippen LogP contribution in [-0.4, -0.2) is 31.3 Å². The normalized spacial score (nSPS) is 14.3. The Balaban J connectivity index is 1.81. The molecule has 0 saturated heterocycles. The summed E-state index contributed by atoms with van der Waals surface area (Å²) in [5, 5.41) is 5.66. The highest BCUT2D eigenvalue weighted by Gasteiger charge is 2.20. The predicted octanol–water partition coefficient (Wildman–Crippen LogP) is 3.02. The van der Waals surface area contributed by atoms with Gasteiger partial charge in [0, 0.05) is 25.8 Å². The van der Waals surface area contributed by atoms with Crippen LogP contribution in [0.15, 0.2) is 6.07 Å². The Labute approximate surface area is 117 Å². The molecule has 1 aliphatic carbocycles. The SMILES string of the molecule is CCCNc1nc(NCCOCC2CC2)c(F)cc1F. The molecule has 1 fully saturated rings. The van der Waals surface area contributed by atoms with Gasteiger partial charge in [-0.05, 0) is 25.2 Å². The first-order chi connectivity index (χ1) is 9.70. The summed E-state index contributed by atoms with van der Waals surface area (Å²) < 4.78 is 32.5. The summed E-state index contributed by atoms with van der Waals surface area (Å²) in [4.78, 5) is 3.93. The lowest BCUT2D eigenvalue weighted by atomic mass is 10.3. The number of hydrogen-bond acceptors (Lipinski definition) is 4. The lowest BCUT2D eigenvalue weighted by Gasteiger charge is -2.11. The summed E-state index contributed by atoms with van der Waals surface area (Å²) >= 11 is 0. The first-order valence-corrected chi connectivity index (χ1v) is 7.12. The number of rotatable bonds is 9. The number of anilines is 2. The molecule has 0 bridgehead atoms. The zero-order valence-electron chi connectivity index (χ0n) is 11.7. The van der Waals surface area contributed by atoms with Crippen LogP contribution in [0.1, 0.15) is 26.2 Å². The largest absolute Gasteiger partial charge is 0.379 e. The van der Waals surface area contributed by atoms with Gasteiger partial charge in [-0.1, -0.05) is 6.92 Å². The minimum absolute atomic E-state index is 0.0556. The molecule has 0 amide bonds. The number of nitrogens with one attached hydrogen (secondary N) is 2. The van der Waals surface area contributed by atoms with E-state index >= 15 is 0 Å². The van der Waals surface area contributed by atoms with Crippen LogP contribution < -0.4 is 10.6 Å². The monoisotopic (exact) mass is 285 g/mol. The van der Waals surface area contributed by atoms with Crippen molar-refractivity contribution >= 4 is 11.6 Å². The third-order valence-electron chi connectivity index (χ3n) is 3.06. The first-order valence-electron chi connectivity index (χ1n) is 7.12. The topological polar surface area (TPSA) is 46.2 Å². The van der Waals surface area contributed by atoms with Crippen LogP contribution in [0.4, 0.5) is 20.4 Å². The maximum absolute atomic E-state index is 13.6. The van der Waals surface area contributed by atoms with Crippen LogP contribution in [0.3, 0.4) is 0 Å². The average Bonchev–Trinajstić information content (AvgIpc) is 3.23. The van der Waals surface area contributed by atoms with Gasteiger partial charge in [-0.3, -0.25) is 0 Å². The molecule has 1 aromatic rings. The Kier molecular flexibility index (Phi) is 5.52. The van der Waals surface area contributed by atoms with Crippen molar-refractivity contribution in [1.82, 2.24) is 4.98 Å². The summed E-state index contributed by atoms with van der Waals surface area (Å²) in [6, 6.07) is 0.846. The molecule has 2 N–H and O–H groups in total. The highest BCUT2D eigenvalue weighted by Crippen LogP contribution is 2.28. The lowest BCUT2D eigenvalue weighted by Crippen LogP contribution is -2.14. The van der Waals surface area contributed by atoms with Gasteiger partial charge >= 0.3 is 0 Å². The van der Waals surface area contributed by atoms with Gasteiger partial charge in [-0.25, -0.2) is 13.8 Å². The van der Waals surface area contributed by atoms with Crippen molar-refractivity contribution in [3.8, 4) is 0 Å². The van der Waals surface area contributed by atoms with Crippen molar-refractivity contribution in [2.45, 2.75) is 26.2 Å². The fourth-order valence-corrected chi connectivity index (χ4v) is 1.73. The van der Waals surface area contributed by atoms with Gasteiger partial charge in [-0.2, -0.15) is 0 Å². The number of nitrogens with zero attached hydrogens (tertiary/aromatic N) is 1. The second-order valence-electron chi connectivity index (χ2n) is 5.02. The Morgan fingerprint density at radius 3 is 2.45 bits per heavy atom. The van der Waals surface area contributed by atoms with Crippen LogP contribution in [-0.2, 0) is 4.74 Å². The van der Waals surface area contributed by atoms with E-state index in [1.165, 1.54) is 12.8 Å². The summed E-state index contributed by atoms with van der Waals surface area (Å²) in [5.41, 5.74) is 0. The van der Waals surface area contributed by atoms with E-state index in [2.05, 4.69) is 15.6 Å². The molecule has 0 unspecified atom stereocenters. The second kappa shape index (κ2) is 7.38. The maximum atomic E-state index is 13.6. The second-order valence-corrected chi connectivity index (χ2v) is 5.02.